The molecule has 1 aliphatic rings. The summed E-state index contributed by atoms with van der Waals surface area (Å²) in [5.41, 5.74) is 2.27. The van der Waals surface area contributed by atoms with Crippen molar-refractivity contribution in [2.75, 3.05) is 30.5 Å². The molecule has 3 rings (SSSR count). The molecule has 1 N–H and O–H groups in total. The molecule has 1 saturated heterocycles. The first-order chi connectivity index (χ1) is 13.2. The molecule has 1 aliphatic heterocycles. The highest BCUT2D eigenvalue weighted by molar-refractivity contribution is 8.16. The Morgan fingerprint density at radius 1 is 1.04 bits per heavy atom. The molecule has 1 fully saturated rings. The first-order valence-corrected chi connectivity index (χ1v) is 10.7. The molecule has 5 nitrogen and oxygen atoms in total. The fourth-order valence-electron chi connectivity index (χ4n) is 2.54. The van der Waals surface area contributed by atoms with Gasteiger partial charge in [-0.1, -0.05) is 12.1 Å². The van der Waals surface area contributed by atoms with Gasteiger partial charge in [0.25, 0.3) is 5.91 Å². The molecule has 0 spiro atoms. The molecule has 2 aromatic rings. The minimum atomic E-state index is -0.504. The van der Waals surface area contributed by atoms with Crippen LogP contribution in [0.4, 0.5) is 5.69 Å². The van der Waals surface area contributed by atoms with Gasteiger partial charge in [0.15, 0.2) is 6.61 Å². The number of rotatable bonds is 6. The molecule has 0 atom stereocenters. The zero-order chi connectivity index (χ0) is 19.1. The maximum Gasteiger partial charge on any atom is 0.338 e. The van der Waals surface area contributed by atoms with Crippen molar-refractivity contribution in [3.05, 3.63) is 59.7 Å². The first kappa shape index (κ1) is 19.6. The fourth-order valence-corrected chi connectivity index (χ4v) is 5.44. The molecule has 7 heteroatoms. The average molecular weight is 404 g/mol. The molecular formula is C20H21NO4S2. The second-order valence-corrected chi connectivity index (χ2v) is 8.63. The summed E-state index contributed by atoms with van der Waals surface area (Å²) in [4.78, 5) is 24.1. The fraction of sp³-hybridized carbons (Fsp3) is 0.300. The van der Waals surface area contributed by atoms with Gasteiger partial charge in [0.05, 0.1) is 17.3 Å². The molecule has 0 aromatic heterocycles. The average Bonchev–Trinajstić information content (AvgIpc) is 2.73. The Labute approximate surface area is 167 Å². The van der Waals surface area contributed by atoms with Gasteiger partial charge in [-0.3, -0.25) is 4.79 Å². The number of nitrogens with one attached hydrogen (secondary N) is 1. The topological polar surface area (TPSA) is 64.6 Å². The number of benzene rings is 2. The van der Waals surface area contributed by atoms with Crippen LogP contribution in [0.3, 0.4) is 0 Å². The van der Waals surface area contributed by atoms with Crippen LogP contribution in [0.15, 0.2) is 48.5 Å². The number of anilines is 1. The second-order valence-electron chi connectivity index (χ2n) is 5.90. The summed E-state index contributed by atoms with van der Waals surface area (Å²) in [6, 6.07) is 14.4. The summed E-state index contributed by atoms with van der Waals surface area (Å²) in [6.07, 6.45) is 1.24. The van der Waals surface area contributed by atoms with E-state index in [1.54, 1.807) is 43.5 Å². The smallest absolute Gasteiger partial charge is 0.338 e. The van der Waals surface area contributed by atoms with E-state index in [-0.39, 0.29) is 12.5 Å². The quantitative estimate of drug-likeness (QED) is 0.723. The Morgan fingerprint density at radius 3 is 2.33 bits per heavy atom. The first-order valence-electron chi connectivity index (χ1n) is 8.60. The van der Waals surface area contributed by atoms with Crippen molar-refractivity contribution in [1.29, 1.82) is 0 Å². The number of hydrogen-bond acceptors (Lipinski definition) is 6. The number of thioether (sulfide) groups is 2. The number of carbonyl (C=O) groups is 2. The number of methoxy groups -OCH3 is 1. The number of hydrogen-bond donors (Lipinski definition) is 1. The lowest BCUT2D eigenvalue weighted by Crippen LogP contribution is -2.20. The Bertz CT molecular complexity index is 772. The Kier molecular flexibility index (Phi) is 7.06. The van der Waals surface area contributed by atoms with Crippen LogP contribution in [-0.2, 0) is 9.53 Å². The van der Waals surface area contributed by atoms with Crippen LogP contribution in [0.25, 0.3) is 0 Å². The van der Waals surface area contributed by atoms with Crippen molar-refractivity contribution in [3.63, 3.8) is 0 Å². The van der Waals surface area contributed by atoms with Gasteiger partial charge in [0.1, 0.15) is 5.75 Å². The van der Waals surface area contributed by atoms with Crippen molar-refractivity contribution in [2.45, 2.75) is 11.0 Å². The standard InChI is InChI=1S/C20H21NO4S2/c1-24-17-9-7-16(8-10-17)21-18(22)13-25-19(23)14-3-5-15(6-4-14)20-26-11-2-12-27-20/h3-10,20H,2,11-13H2,1H3,(H,21,22). The summed E-state index contributed by atoms with van der Waals surface area (Å²) >= 11 is 3.87. The van der Waals surface area contributed by atoms with Crippen LogP contribution >= 0.6 is 23.5 Å². The maximum atomic E-state index is 12.1. The van der Waals surface area contributed by atoms with Gasteiger partial charge in [-0.2, -0.15) is 0 Å². The largest absolute Gasteiger partial charge is 0.497 e. The van der Waals surface area contributed by atoms with Gasteiger partial charge in [-0.05, 0) is 59.9 Å². The van der Waals surface area contributed by atoms with Crippen LogP contribution in [0.2, 0.25) is 0 Å². The van der Waals surface area contributed by atoms with E-state index in [9.17, 15) is 9.59 Å². The van der Waals surface area contributed by atoms with E-state index in [0.29, 0.717) is 21.6 Å². The monoisotopic (exact) mass is 403 g/mol. The SMILES string of the molecule is COc1ccc(NC(=O)COC(=O)c2ccc(C3SCCCS3)cc2)cc1. The molecule has 1 heterocycles. The highest BCUT2D eigenvalue weighted by atomic mass is 32.2. The van der Waals surface area contributed by atoms with Crippen LogP contribution in [-0.4, -0.2) is 37.1 Å². The number of ether oxygens (including phenoxy) is 2. The van der Waals surface area contributed by atoms with E-state index in [4.69, 9.17) is 9.47 Å². The lowest BCUT2D eigenvalue weighted by atomic mass is 10.1. The third kappa shape index (κ3) is 5.68. The number of amides is 1. The predicted molar refractivity (Wildman–Crippen MR) is 111 cm³/mol. The van der Waals surface area contributed by atoms with E-state index in [1.807, 2.05) is 35.7 Å². The molecule has 0 unspecified atom stereocenters. The van der Waals surface area contributed by atoms with Crippen molar-refractivity contribution in [2.24, 2.45) is 0 Å². The van der Waals surface area contributed by atoms with Gasteiger partial charge in [-0.25, -0.2) is 4.79 Å². The van der Waals surface area contributed by atoms with Crippen molar-refractivity contribution in [3.8, 4) is 5.75 Å². The van der Waals surface area contributed by atoms with Crippen LogP contribution < -0.4 is 10.1 Å². The molecule has 0 radical (unpaired) electrons. The van der Waals surface area contributed by atoms with Crippen molar-refractivity contribution < 1.29 is 19.1 Å². The maximum absolute atomic E-state index is 12.1. The third-order valence-corrected chi connectivity index (χ3v) is 6.97. The molecule has 0 saturated carbocycles. The van der Waals surface area contributed by atoms with E-state index >= 15 is 0 Å². The van der Waals surface area contributed by atoms with E-state index in [2.05, 4.69) is 5.32 Å². The lowest BCUT2D eigenvalue weighted by molar-refractivity contribution is -0.119. The summed E-state index contributed by atoms with van der Waals surface area (Å²) < 4.78 is 10.6. The minimum absolute atomic E-state index is 0.332. The molecule has 27 heavy (non-hydrogen) atoms. The number of carbonyl (C=O) groups excluding carboxylic acids is 2. The Morgan fingerprint density at radius 2 is 1.70 bits per heavy atom. The van der Waals surface area contributed by atoms with Crippen molar-refractivity contribution in [1.82, 2.24) is 0 Å². The molecule has 142 valence electrons. The van der Waals surface area contributed by atoms with Gasteiger partial charge in [0.2, 0.25) is 0 Å². The lowest BCUT2D eigenvalue weighted by Gasteiger charge is -2.21. The molecular weight excluding hydrogens is 382 g/mol. The van der Waals surface area contributed by atoms with E-state index < -0.39 is 5.97 Å². The number of esters is 1. The highest BCUT2D eigenvalue weighted by Crippen LogP contribution is 2.43. The molecule has 2 aromatic carbocycles. The zero-order valence-corrected chi connectivity index (χ0v) is 16.6. The summed E-state index contributed by atoms with van der Waals surface area (Å²) in [5.74, 6) is 2.15. The normalized spacial score (nSPS) is 14.4. The van der Waals surface area contributed by atoms with E-state index in [0.717, 1.165) is 0 Å². The second kappa shape index (κ2) is 9.71. The van der Waals surface area contributed by atoms with Crippen LogP contribution in [0.5, 0.6) is 5.75 Å². The summed E-state index contributed by atoms with van der Waals surface area (Å²) in [7, 11) is 1.58. The highest BCUT2D eigenvalue weighted by Gasteiger charge is 2.17. The third-order valence-electron chi connectivity index (χ3n) is 3.95. The van der Waals surface area contributed by atoms with E-state index in [1.165, 1.54) is 23.5 Å². The summed E-state index contributed by atoms with van der Waals surface area (Å²) in [6.45, 7) is -0.332. The minimum Gasteiger partial charge on any atom is -0.497 e. The molecule has 0 bridgehead atoms. The molecule has 0 aliphatic carbocycles. The molecule has 1 amide bonds. The zero-order valence-electron chi connectivity index (χ0n) is 15.0. The van der Waals surface area contributed by atoms with Gasteiger partial charge >= 0.3 is 5.97 Å². The Hall–Kier alpha value is -2.12. The summed E-state index contributed by atoms with van der Waals surface area (Å²) in [5, 5.41) is 2.67. The van der Waals surface area contributed by atoms with Gasteiger partial charge < -0.3 is 14.8 Å². The van der Waals surface area contributed by atoms with Gasteiger partial charge in [-0.15, -0.1) is 23.5 Å². The van der Waals surface area contributed by atoms with Crippen LogP contribution in [0, 0.1) is 0 Å². The van der Waals surface area contributed by atoms with Crippen LogP contribution in [0.1, 0.15) is 26.9 Å². The predicted octanol–water partition coefficient (Wildman–Crippen LogP) is 4.36. The Balaban J connectivity index is 1.48. The van der Waals surface area contributed by atoms with Crippen molar-refractivity contribution >= 4 is 41.1 Å². The van der Waals surface area contributed by atoms with Gasteiger partial charge in [0, 0.05) is 5.69 Å².